The third-order valence-electron chi connectivity index (χ3n) is 2.29. The van der Waals surface area contributed by atoms with Crippen molar-refractivity contribution in [1.29, 1.82) is 0 Å². The highest BCUT2D eigenvalue weighted by Gasteiger charge is 2.10. The molecule has 4 N–H and O–H groups in total. The summed E-state index contributed by atoms with van der Waals surface area (Å²) in [4.78, 5) is 11.6. The van der Waals surface area contributed by atoms with Crippen molar-refractivity contribution in [1.82, 2.24) is 5.32 Å². The van der Waals surface area contributed by atoms with Crippen LogP contribution in [-0.4, -0.2) is 18.6 Å². The molecule has 0 heterocycles. The van der Waals surface area contributed by atoms with Gasteiger partial charge in [-0.1, -0.05) is 30.1 Å². The van der Waals surface area contributed by atoms with E-state index < -0.39 is 0 Å². The molecular weight excluding hydrogens is 261 g/mol. The van der Waals surface area contributed by atoms with Gasteiger partial charge in [0.25, 0.3) is 0 Å². The molecule has 17 heavy (non-hydrogen) atoms. The Kier molecular flexibility index (Phi) is 5.55. The van der Waals surface area contributed by atoms with Crippen LogP contribution in [0.2, 0.25) is 10.0 Å². The molecule has 1 aromatic rings. The molecule has 2 amide bonds. The molecule has 1 rings (SSSR count). The normalized spacial score (nSPS) is 12.0. The van der Waals surface area contributed by atoms with Crippen molar-refractivity contribution >= 4 is 34.9 Å². The van der Waals surface area contributed by atoms with Crippen LogP contribution in [0.25, 0.3) is 0 Å². The maximum Gasteiger partial charge on any atom is 0.319 e. The van der Waals surface area contributed by atoms with Crippen molar-refractivity contribution < 1.29 is 4.79 Å². The lowest BCUT2D eigenvalue weighted by molar-refractivity contribution is 0.248. The average molecular weight is 276 g/mol. The fourth-order valence-corrected chi connectivity index (χ4v) is 1.60. The number of benzene rings is 1. The summed E-state index contributed by atoms with van der Waals surface area (Å²) in [6.45, 7) is 2.34. The minimum atomic E-state index is -0.341. The molecule has 4 nitrogen and oxygen atoms in total. The summed E-state index contributed by atoms with van der Waals surface area (Å²) >= 11 is 11.7. The van der Waals surface area contributed by atoms with Crippen molar-refractivity contribution in [3.8, 4) is 0 Å². The van der Waals surface area contributed by atoms with Gasteiger partial charge in [0.2, 0.25) is 0 Å². The largest absolute Gasteiger partial charge is 0.334 e. The van der Waals surface area contributed by atoms with Crippen molar-refractivity contribution in [3.05, 3.63) is 28.2 Å². The lowest BCUT2D eigenvalue weighted by atomic mass is 10.2. The number of nitrogens with one attached hydrogen (secondary N) is 2. The minimum absolute atomic E-state index is 0.0482. The van der Waals surface area contributed by atoms with Crippen molar-refractivity contribution in [3.63, 3.8) is 0 Å². The van der Waals surface area contributed by atoms with Gasteiger partial charge in [-0.15, -0.1) is 0 Å². The van der Waals surface area contributed by atoms with E-state index in [0.29, 0.717) is 22.3 Å². The Labute approximate surface area is 110 Å². The minimum Gasteiger partial charge on any atom is -0.334 e. The zero-order valence-electron chi connectivity index (χ0n) is 9.47. The quantitative estimate of drug-likeness (QED) is 0.791. The molecule has 0 fully saturated rings. The molecule has 0 saturated heterocycles. The van der Waals surface area contributed by atoms with E-state index in [0.717, 1.165) is 6.42 Å². The first kappa shape index (κ1) is 14.1. The Hall–Kier alpha value is -0.970. The van der Waals surface area contributed by atoms with E-state index in [-0.39, 0.29) is 12.1 Å². The Bertz CT molecular complexity index is 394. The van der Waals surface area contributed by atoms with E-state index in [1.54, 1.807) is 18.2 Å². The molecule has 6 heteroatoms. The molecular formula is C11H15Cl2N3O. The van der Waals surface area contributed by atoms with Crippen LogP contribution in [0.3, 0.4) is 0 Å². The molecule has 0 aromatic heterocycles. The smallest absolute Gasteiger partial charge is 0.319 e. The molecule has 1 aromatic carbocycles. The fraction of sp³-hybridized carbons (Fsp3) is 0.364. The first-order chi connectivity index (χ1) is 8.06. The van der Waals surface area contributed by atoms with Gasteiger partial charge in [-0.05, 0) is 24.6 Å². The molecule has 0 bridgehead atoms. The molecule has 0 spiro atoms. The Morgan fingerprint density at radius 1 is 1.47 bits per heavy atom. The zero-order chi connectivity index (χ0) is 12.8. The lowest BCUT2D eigenvalue weighted by Gasteiger charge is -2.15. The Morgan fingerprint density at radius 3 is 2.76 bits per heavy atom. The maximum absolute atomic E-state index is 11.6. The van der Waals surface area contributed by atoms with Gasteiger partial charge < -0.3 is 16.4 Å². The number of hydrogen-bond donors (Lipinski definition) is 3. The average Bonchev–Trinajstić information content (AvgIpc) is 2.31. The van der Waals surface area contributed by atoms with Gasteiger partial charge in [0, 0.05) is 17.6 Å². The van der Waals surface area contributed by atoms with Crippen LogP contribution in [-0.2, 0) is 0 Å². The highest BCUT2D eigenvalue weighted by Crippen LogP contribution is 2.25. The van der Waals surface area contributed by atoms with E-state index in [1.165, 1.54) is 0 Å². The van der Waals surface area contributed by atoms with Crippen LogP contribution >= 0.6 is 23.2 Å². The van der Waals surface area contributed by atoms with Crippen LogP contribution in [0.4, 0.5) is 10.5 Å². The SMILES string of the molecule is CCC(CN)NC(=O)Nc1cc(Cl)ccc1Cl. The van der Waals surface area contributed by atoms with Crippen molar-refractivity contribution in [2.75, 3.05) is 11.9 Å². The molecule has 0 aliphatic heterocycles. The topological polar surface area (TPSA) is 67.1 Å². The standard InChI is InChI=1S/C11H15Cl2N3O/c1-2-8(6-14)15-11(17)16-10-5-7(12)3-4-9(10)13/h3-5,8H,2,6,14H2,1H3,(H2,15,16,17). The summed E-state index contributed by atoms with van der Waals surface area (Å²) in [6.07, 6.45) is 0.771. The highest BCUT2D eigenvalue weighted by molar-refractivity contribution is 6.35. The summed E-state index contributed by atoms with van der Waals surface area (Å²) in [5, 5.41) is 6.31. The Balaban J connectivity index is 2.64. The van der Waals surface area contributed by atoms with E-state index in [9.17, 15) is 4.79 Å². The van der Waals surface area contributed by atoms with E-state index >= 15 is 0 Å². The van der Waals surface area contributed by atoms with Crippen LogP contribution in [0.1, 0.15) is 13.3 Å². The first-order valence-corrected chi connectivity index (χ1v) is 6.05. The summed E-state index contributed by atoms with van der Waals surface area (Å²) in [5.74, 6) is 0. The van der Waals surface area contributed by atoms with Gasteiger partial charge in [-0.3, -0.25) is 0 Å². The summed E-state index contributed by atoms with van der Waals surface area (Å²) < 4.78 is 0. The predicted molar refractivity (Wildman–Crippen MR) is 71.7 cm³/mol. The van der Waals surface area contributed by atoms with Gasteiger partial charge in [0.05, 0.1) is 10.7 Å². The van der Waals surface area contributed by atoms with E-state index in [1.807, 2.05) is 6.92 Å². The van der Waals surface area contributed by atoms with Gasteiger partial charge in [-0.25, -0.2) is 4.79 Å². The van der Waals surface area contributed by atoms with Gasteiger partial charge in [0.15, 0.2) is 0 Å². The second-order valence-corrected chi connectivity index (χ2v) is 4.41. The molecule has 94 valence electrons. The number of carbonyl (C=O) groups is 1. The van der Waals surface area contributed by atoms with Crippen molar-refractivity contribution in [2.24, 2.45) is 5.73 Å². The maximum atomic E-state index is 11.6. The van der Waals surface area contributed by atoms with Gasteiger partial charge in [0.1, 0.15) is 0 Å². The molecule has 1 atom stereocenters. The van der Waals surface area contributed by atoms with Crippen LogP contribution in [0.15, 0.2) is 18.2 Å². The second-order valence-electron chi connectivity index (χ2n) is 3.56. The molecule has 0 aliphatic carbocycles. The zero-order valence-corrected chi connectivity index (χ0v) is 11.0. The monoisotopic (exact) mass is 275 g/mol. The second kappa shape index (κ2) is 6.69. The number of amides is 2. The number of anilines is 1. The first-order valence-electron chi connectivity index (χ1n) is 5.29. The van der Waals surface area contributed by atoms with Gasteiger partial charge in [-0.2, -0.15) is 0 Å². The lowest BCUT2D eigenvalue weighted by Crippen LogP contribution is -2.42. The fourth-order valence-electron chi connectivity index (χ4n) is 1.26. The summed E-state index contributed by atoms with van der Waals surface area (Å²) in [7, 11) is 0. The number of carbonyl (C=O) groups excluding carboxylic acids is 1. The summed E-state index contributed by atoms with van der Waals surface area (Å²) in [5.41, 5.74) is 5.96. The third-order valence-corrected chi connectivity index (χ3v) is 2.85. The number of hydrogen-bond acceptors (Lipinski definition) is 2. The van der Waals surface area contributed by atoms with Crippen LogP contribution < -0.4 is 16.4 Å². The number of rotatable bonds is 4. The van der Waals surface area contributed by atoms with E-state index in [4.69, 9.17) is 28.9 Å². The van der Waals surface area contributed by atoms with E-state index in [2.05, 4.69) is 10.6 Å². The number of urea groups is 1. The number of halogens is 2. The summed E-state index contributed by atoms with van der Waals surface area (Å²) in [6, 6.07) is 4.48. The molecule has 0 saturated carbocycles. The third kappa shape index (κ3) is 4.42. The Morgan fingerprint density at radius 2 is 2.18 bits per heavy atom. The molecule has 0 aliphatic rings. The number of nitrogens with two attached hydrogens (primary N) is 1. The highest BCUT2D eigenvalue weighted by atomic mass is 35.5. The van der Waals surface area contributed by atoms with Crippen LogP contribution in [0, 0.1) is 0 Å². The van der Waals surface area contributed by atoms with Gasteiger partial charge >= 0.3 is 6.03 Å². The molecule has 1 unspecified atom stereocenters. The predicted octanol–water partition coefficient (Wildman–Crippen LogP) is 2.85. The van der Waals surface area contributed by atoms with Crippen LogP contribution in [0.5, 0.6) is 0 Å². The van der Waals surface area contributed by atoms with Crippen molar-refractivity contribution in [2.45, 2.75) is 19.4 Å². The molecule has 0 radical (unpaired) electrons.